The third kappa shape index (κ3) is 3.04. The summed E-state index contributed by atoms with van der Waals surface area (Å²) in [5.74, 6) is 1.47. The van der Waals surface area contributed by atoms with Gasteiger partial charge in [-0.1, -0.05) is 6.92 Å². The van der Waals surface area contributed by atoms with Gasteiger partial charge in [0.2, 0.25) is 0 Å². The zero-order valence-electron chi connectivity index (χ0n) is 13.3. The number of rotatable bonds is 3. The fourth-order valence-corrected chi connectivity index (χ4v) is 5.40. The molecular weight excluding hydrogens is 302 g/mol. The van der Waals surface area contributed by atoms with Gasteiger partial charge in [-0.2, -0.15) is 17.0 Å². The predicted molar refractivity (Wildman–Crippen MR) is 83.4 cm³/mol. The monoisotopic (exact) mass is 327 g/mol. The number of aromatic nitrogens is 3. The van der Waals surface area contributed by atoms with E-state index in [1.54, 1.807) is 14.9 Å². The van der Waals surface area contributed by atoms with Crippen LogP contribution in [-0.2, 0) is 17.3 Å². The molecule has 0 aromatic carbocycles. The zero-order valence-corrected chi connectivity index (χ0v) is 14.2. The molecule has 0 unspecified atom stereocenters. The van der Waals surface area contributed by atoms with E-state index >= 15 is 0 Å². The fraction of sp³-hybridized carbons (Fsp3) is 0.857. The molecule has 0 radical (unpaired) electrons. The summed E-state index contributed by atoms with van der Waals surface area (Å²) < 4.78 is 31.0. The Kier molecular flexibility index (Phi) is 4.52. The Labute approximate surface area is 132 Å². The molecule has 0 bridgehead atoms. The maximum atomic E-state index is 12.9. The second-order valence-corrected chi connectivity index (χ2v) is 8.54. The summed E-state index contributed by atoms with van der Waals surface area (Å²) in [5, 5.41) is 8.08. The molecule has 3 heterocycles. The smallest absolute Gasteiger partial charge is 0.282 e. The van der Waals surface area contributed by atoms with E-state index in [9.17, 15) is 8.42 Å². The van der Waals surface area contributed by atoms with E-state index in [4.69, 9.17) is 0 Å². The van der Waals surface area contributed by atoms with Crippen molar-refractivity contribution in [3.05, 3.63) is 12.2 Å². The lowest BCUT2D eigenvalue weighted by Crippen LogP contribution is -2.50. The summed E-state index contributed by atoms with van der Waals surface area (Å²) in [6, 6.07) is 0. The van der Waals surface area contributed by atoms with Crippen LogP contribution in [0.3, 0.4) is 0 Å². The lowest BCUT2D eigenvalue weighted by molar-refractivity contribution is 0.238. The number of hydrogen-bond donors (Lipinski definition) is 0. The highest BCUT2D eigenvalue weighted by Gasteiger charge is 2.36. The van der Waals surface area contributed by atoms with Gasteiger partial charge >= 0.3 is 0 Å². The highest BCUT2D eigenvalue weighted by Crippen LogP contribution is 2.29. The normalized spacial score (nSPS) is 28.8. The minimum atomic E-state index is -3.35. The molecule has 2 saturated heterocycles. The Morgan fingerprint density at radius 1 is 1.14 bits per heavy atom. The molecule has 1 aromatic rings. The van der Waals surface area contributed by atoms with Crippen molar-refractivity contribution in [1.29, 1.82) is 0 Å². The van der Waals surface area contributed by atoms with Crippen LogP contribution in [0.4, 0.5) is 0 Å². The van der Waals surface area contributed by atoms with Crippen LogP contribution in [0.5, 0.6) is 0 Å². The van der Waals surface area contributed by atoms with Crippen LogP contribution in [-0.4, -0.2) is 58.0 Å². The van der Waals surface area contributed by atoms with Gasteiger partial charge < -0.3 is 4.57 Å². The minimum Gasteiger partial charge on any atom is -0.320 e. The Morgan fingerprint density at radius 2 is 1.82 bits per heavy atom. The number of aryl methyl sites for hydroxylation is 1. The van der Waals surface area contributed by atoms with Crippen molar-refractivity contribution in [2.45, 2.75) is 38.5 Å². The summed E-state index contributed by atoms with van der Waals surface area (Å²) in [7, 11) is -1.43. The van der Waals surface area contributed by atoms with Gasteiger partial charge in [-0.05, 0) is 31.6 Å². The second-order valence-electron chi connectivity index (χ2n) is 6.61. The molecule has 0 spiro atoms. The highest BCUT2D eigenvalue weighted by atomic mass is 32.2. The maximum absolute atomic E-state index is 12.9. The topological polar surface area (TPSA) is 71.3 Å². The van der Waals surface area contributed by atoms with E-state index in [-0.39, 0.29) is 5.92 Å². The molecule has 8 heteroatoms. The first-order valence-corrected chi connectivity index (χ1v) is 9.47. The number of nitrogens with zero attached hydrogens (tertiary/aromatic N) is 5. The molecule has 0 N–H and O–H groups in total. The summed E-state index contributed by atoms with van der Waals surface area (Å²) in [5.41, 5.74) is 0. The standard InChI is InChI=1S/C14H25N5O2S/c1-12-5-3-7-18(9-12)22(20,21)19-8-4-6-13(10-19)14-16-15-11-17(14)2/h11-13H,3-10H2,1-2H3/t12-,13+/m0/s1. The number of hydrogen-bond acceptors (Lipinski definition) is 4. The van der Waals surface area contributed by atoms with Gasteiger partial charge in [0.05, 0.1) is 0 Å². The lowest BCUT2D eigenvalue weighted by Gasteiger charge is -2.37. The Bertz CT molecular complexity index is 615. The molecule has 7 nitrogen and oxygen atoms in total. The highest BCUT2D eigenvalue weighted by molar-refractivity contribution is 7.86. The van der Waals surface area contributed by atoms with Crippen LogP contribution >= 0.6 is 0 Å². The molecule has 2 aliphatic heterocycles. The van der Waals surface area contributed by atoms with Crippen molar-refractivity contribution in [3.8, 4) is 0 Å². The summed E-state index contributed by atoms with van der Waals surface area (Å²) in [4.78, 5) is 0. The van der Waals surface area contributed by atoms with E-state index in [1.165, 1.54) is 0 Å². The molecule has 2 atom stereocenters. The molecular formula is C14H25N5O2S. The van der Waals surface area contributed by atoms with Crippen LogP contribution in [0.1, 0.15) is 44.3 Å². The largest absolute Gasteiger partial charge is 0.320 e. The first-order valence-electron chi connectivity index (χ1n) is 8.07. The average Bonchev–Trinajstić information content (AvgIpc) is 2.93. The van der Waals surface area contributed by atoms with Gasteiger partial charge in [-0.25, -0.2) is 0 Å². The molecule has 22 heavy (non-hydrogen) atoms. The summed E-state index contributed by atoms with van der Waals surface area (Å²) in [6.07, 6.45) is 5.60. The molecule has 0 aliphatic carbocycles. The first-order chi connectivity index (χ1) is 10.5. The van der Waals surface area contributed by atoms with E-state index in [1.807, 2.05) is 11.6 Å². The fourth-order valence-electron chi connectivity index (χ4n) is 3.54. The molecule has 2 fully saturated rings. The predicted octanol–water partition coefficient (Wildman–Crippen LogP) is 0.971. The van der Waals surface area contributed by atoms with Gasteiger partial charge in [0.25, 0.3) is 10.2 Å². The van der Waals surface area contributed by atoms with Crippen molar-refractivity contribution in [3.63, 3.8) is 0 Å². The van der Waals surface area contributed by atoms with Crippen LogP contribution in [0.2, 0.25) is 0 Å². The zero-order chi connectivity index (χ0) is 15.7. The Hall–Kier alpha value is -0.990. The van der Waals surface area contributed by atoms with E-state index in [0.29, 0.717) is 32.1 Å². The lowest BCUT2D eigenvalue weighted by atomic mass is 9.99. The third-order valence-electron chi connectivity index (χ3n) is 4.77. The Balaban J connectivity index is 1.75. The molecule has 1 aromatic heterocycles. The first kappa shape index (κ1) is 15.9. The van der Waals surface area contributed by atoms with Crippen molar-refractivity contribution in [2.75, 3.05) is 26.2 Å². The molecule has 2 aliphatic rings. The van der Waals surface area contributed by atoms with Gasteiger partial charge in [0, 0.05) is 39.1 Å². The van der Waals surface area contributed by atoms with E-state index in [2.05, 4.69) is 17.1 Å². The average molecular weight is 327 g/mol. The Morgan fingerprint density at radius 3 is 2.45 bits per heavy atom. The van der Waals surface area contributed by atoms with Gasteiger partial charge in [0.1, 0.15) is 12.2 Å². The van der Waals surface area contributed by atoms with E-state index in [0.717, 1.165) is 31.5 Å². The van der Waals surface area contributed by atoms with Crippen LogP contribution in [0.25, 0.3) is 0 Å². The third-order valence-corrected chi connectivity index (χ3v) is 6.74. The molecule has 0 amide bonds. The van der Waals surface area contributed by atoms with Crippen LogP contribution < -0.4 is 0 Å². The number of piperidine rings is 2. The minimum absolute atomic E-state index is 0.137. The molecule has 0 saturated carbocycles. The molecule has 3 rings (SSSR count). The van der Waals surface area contributed by atoms with E-state index < -0.39 is 10.2 Å². The van der Waals surface area contributed by atoms with Crippen molar-refractivity contribution in [2.24, 2.45) is 13.0 Å². The van der Waals surface area contributed by atoms with Crippen molar-refractivity contribution in [1.82, 2.24) is 23.4 Å². The maximum Gasteiger partial charge on any atom is 0.282 e. The van der Waals surface area contributed by atoms with Crippen molar-refractivity contribution < 1.29 is 8.42 Å². The van der Waals surface area contributed by atoms with Gasteiger partial charge in [-0.3, -0.25) is 0 Å². The summed E-state index contributed by atoms with van der Waals surface area (Å²) >= 11 is 0. The second kappa shape index (κ2) is 6.25. The summed E-state index contributed by atoms with van der Waals surface area (Å²) in [6.45, 7) is 4.55. The van der Waals surface area contributed by atoms with Crippen LogP contribution in [0.15, 0.2) is 6.33 Å². The van der Waals surface area contributed by atoms with Gasteiger partial charge in [0.15, 0.2) is 0 Å². The van der Waals surface area contributed by atoms with Gasteiger partial charge in [-0.15, -0.1) is 10.2 Å². The quantitative estimate of drug-likeness (QED) is 0.829. The SMILES string of the molecule is C[C@H]1CCCN(S(=O)(=O)N2CCC[C@@H](c3nncn3C)C2)C1. The molecule has 124 valence electrons. The van der Waals surface area contributed by atoms with Crippen molar-refractivity contribution >= 4 is 10.2 Å². The van der Waals surface area contributed by atoms with Crippen LogP contribution in [0, 0.1) is 5.92 Å².